The van der Waals surface area contributed by atoms with Crippen molar-refractivity contribution < 1.29 is 36.2 Å². The Morgan fingerprint density at radius 1 is 1.17 bits per heavy atom. The standard InChI is InChI=1S/C18H23F3N2O5S/c1-16(2,3)13(24)10-14(22)23-15(25)17(4,5)29(26,27)12-8-6-7-11(9-12)28-18(19,20)21/h6-10,24H,1-5H3,(H2,22,23,25)/b13-10-. The molecule has 1 amide bonds. The third kappa shape index (κ3) is 6.21. The maximum Gasteiger partial charge on any atom is 0.573 e. The van der Waals surface area contributed by atoms with Gasteiger partial charge in [-0.1, -0.05) is 26.8 Å². The molecule has 0 aliphatic heterocycles. The third-order valence-electron chi connectivity index (χ3n) is 3.87. The van der Waals surface area contributed by atoms with Gasteiger partial charge in [0.1, 0.15) is 22.1 Å². The molecule has 1 aromatic carbocycles. The lowest BCUT2D eigenvalue weighted by atomic mass is 9.93. The number of hydrogen-bond acceptors (Lipinski definition) is 6. The van der Waals surface area contributed by atoms with E-state index in [-0.39, 0.29) is 5.76 Å². The van der Waals surface area contributed by atoms with Gasteiger partial charge in [-0.05, 0) is 32.0 Å². The largest absolute Gasteiger partial charge is 0.573 e. The summed E-state index contributed by atoms with van der Waals surface area (Å²) in [7, 11) is -4.46. The van der Waals surface area contributed by atoms with Crippen LogP contribution in [0.1, 0.15) is 34.6 Å². The molecule has 0 unspecified atom stereocenters. The van der Waals surface area contributed by atoms with Crippen LogP contribution in [0.15, 0.2) is 41.0 Å². The minimum absolute atomic E-state index is 0.208. The average molecular weight is 436 g/mol. The molecule has 1 rings (SSSR count). The lowest BCUT2D eigenvalue weighted by molar-refractivity contribution is -0.274. The van der Waals surface area contributed by atoms with Crippen LogP contribution in [0.5, 0.6) is 5.75 Å². The van der Waals surface area contributed by atoms with Crippen LogP contribution in [0, 0.1) is 10.8 Å². The van der Waals surface area contributed by atoms with Gasteiger partial charge in [-0.3, -0.25) is 10.2 Å². The molecule has 0 atom stereocenters. The second-order valence-corrected chi connectivity index (χ2v) is 10.2. The molecule has 162 valence electrons. The van der Waals surface area contributed by atoms with Crippen molar-refractivity contribution in [2.75, 3.05) is 0 Å². The second-order valence-electron chi connectivity index (χ2n) is 7.68. The quantitative estimate of drug-likeness (QED) is 0.370. The molecule has 0 aromatic heterocycles. The third-order valence-corrected chi connectivity index (χ3v) is 6.27. The molecule has 0 heterocycles. The van der Waals surface area contributed by atoms with Gasteiger partial charge >= 0.3 is 6.36 Å². The monoisotopic (exact) mass is 436 g/mol. The maximum absolute atomic E-state index is 12.8. The van der Waals surface area contributed by atoms with E-state index in [2.05, 4.69) is 10.1 Å². The molecule has 0 radical (unpaired) electrons. The number of benzene rings is 1. The Morgan fingerprint density at radius 2 is 1.72 bits per heavy atom. The lowest BCUT2D eigenvalue weighted by Gasteiger charge is -2.24. The average Bonchev–Trinajstić information content (AvgIpc) is 2.52. The van der Waals surface area contributed by atoms with Crippen LogP contribution in [-0.4, -0.2) is 36.4 Å². The number of aliphatic hydroxyl groups is 1. The van der Waals surface area contributed by atoms with Gasteiger partial charge in [-0.25, -0.2) is 8.42 Å². The first kappa shape index (κ1) is 24.5. The highest BCUT2D eigenvalue weighted by Gasteiger charge is 2.43. The van der Waals surface area contributed by atoms with Crippen LogP contribution in [0.4, 0.5) is 13.2 Å². The summed E-state index contributed by atoms with van der Waals surface area (Å²) in [5, 5.41) is 19.7. The SMILES string of the molecule is CC(C)(C)/C(O)=C/C(=N)NC(=O)C(C)(C)S(=O)(=O)c1cccc(OC(F)(F)F)c1. The van der Waals surface area contributed by atoms with Crippen LogP contribution in [0.2, 0.25) is 0 Å². The Bertz CT molecular complexity index is 930. The van der Waals surface area contributed by atoms with Gasteiger partial charge in [-0.15, -0.1) is 13.2 Å². The fourth-order valence-corrected chi connectivity index (χ4v) is 3.33. The maximum atomic E-state index is 12.8. The van der Waals surface area contributed by atoms with Crippen LogP contribution in [0.25, 0.3) is 0 Å². The number of ether oxygens (including phenoxy) is 1. The first-order chi connectivity index (χ1) is 12.9. The molecule has 0 aliphatic carbocycles. The van der Waals surface area contributed by atoms with E-state index < -0.39 is 48.7 Å². The zero-order chi connectivity index (χ0) is 22.8. The summed E-state index contributed by atoms with van der Waals surface area (Å²) in [6.45, 7) is 7.10. The number of alkyl halides is 3. The summed E-state index contributed by atoms with van der Waals surface area (Å²) in [5.74, 6) is -2.59. The molecule has 3 N–H and O–H groups in total. The number of halogens is 3. The van der Waals surface area contributed by atoms with E-state index in [4.69, 9.17) is 5.41 Å². The van der Waals surface area contributed by atoms with Crippen LogP contribution in [0.3, 0.4) is 0 Å². The fourth-order valence-electron chi connectivity index (χ4n) is 1.92. The number of amides is 1. The fraction of sp³-hybridized carbons (Fsp3) is 0.444. The number of rotatable bonds is 5. The van der Waals surface area contributed by atoms with Crippen molar-refractivity contribution in [3.63, 3.8) is 0 Å². The summed E-state index contributed by atoms with van der Waals surface area (Å²) in [5.41, 5.74) is -0.697. The number of amidine groups is 1. The van der Waals surface area contributed by atoms with Gasteiger partial charge in [0, 0.05) is 11.5 Å². The van der Waals surface area contributed by atoms with E-state index in [9.17, 15) is 31.5 Å². The first-order valence-corrected chi connectivity index (χ1v) is 9.78. The van der Waals surface area contributed by atoms with Gasteiger partial charge in [-0.2, -0.15) is 0 Å². The molecule has 0 aliphatic rings. The van der Waals surface area contributed by atoms with Crippen molar-refractivity contribution in [2.24, 2.45) is 5.41 Å². The lowest BCUT2D eigenvalue weighted by Crippen LogP contribution is -2.49. The molecule has 29 heavy (non-hydrogen) atoms. The second kappa shape index (κ2) is 8.05. The zero-order valence-corrected chi connectivity index (χ0v) is 17.3. The van der Waals surface area contributed by atoms with Crippen molar-refractivity contribution in [2.45, 2.75) is 50.6 Å². The molecule has 11 heteroatoms. The van der Waals surface area contributed by atoms with Crippen molar-refractivity contribution in [3.8, 4) is 5.75 Å². The van der Waals surface area contributed by atoms with Crippen molar-refractivity contribution >= 4 is 21.6 Å². The number of carbonyl (C=O) groups is 1. The van der Waals surface area contributed by atoms with Gasteiger partial charge < -0.3 is 15.2 Å². The van der Waals surface area contributed by atoms with E-state index in [1.807, 2.05) is 0 Å². The minimum Gasteiger partial charge on any atom is -0.512 e. The Kier molecular flexibility index (Phi) is 6.80. The molecule has 0 fully saturated rings. The van der Waals surface area contributed by atoms with Crippen molar-refractivity contribution in [3.05, 3.63) is 36.1 Å². The zero-order valence-electron chi connectivity index (χ0n) is 16.5. The van der Waals surface area contributed by atoms with Gasteiger partial charge in [0.25, 0.3) is 0 Å². The number of hydrogen-bond donors (Lipinski definition) is 3. The predicted molar refractivity (Wildman–Crippen MR) is 100 cm³/mol. The summed E-state index contributed by atoms with van der Waals surface area (Å²) < 4.78 is 64.4. The van der Waals surface area contributed by atoms with E-state index in [1.54, 1.807) is 20.8 Å². The van der Waals surface area contributed by atoms with Crippen LogP contribution >= 0.6 is 0 Å². The Balaban J connectivity index is 3.16. The van der Waals surface area contributed by atoms with Crippen molar-refractivity contribution in [1.82, 2.24) is 5.32 Å². The number of allylic oxidation sites excluding steroid dienone is 1. The molecule has 0 spiro atoms. The van der Waals surface area contributed by atoms with Crippen LogP contribution in [-0.2, 0) is 14.6 Å². The first-order valence-electron chi connectivity index (χ1n) is 8.29. The van der Waals surface area contributed by atoms with E-state index in [0.29, 0.717) is 6.07 Å². The predicted octanol–water partition coefficient (Wildman–Crippen LogP) is 3.72. The van der Waals surface area contributed by atoms with E-state index >= 15 is 0 Å². The smallest absolute Gasteiger partial charge is 0.512 e. The van der Waals surface area contributed by atoms with Crippen molar-refractivity contribution in [1.29, 1.82) is 5.41 Å². The molecule has 0 saturated carbocycles. The topological polar surface area (TPSA) is 117 Å². The summed E-state index contributed by atoms with van der Waals surface area (Å²) in [6.07, 6.45) is -4.04. The Morgan fingerprint density at radius 3 is 2.21 bits per heavy atom. The van der Waals surface area contributed by atoms with E-state index in [0.717, 1.165) is 38.1 Å². The highest BCUT2D eigenvalue weighted by molar-refractivity contribution is 7.93. The summed E-state index contributed by atoms with van der Waals surface area (Å²) in [6, 6.07) is 3.67. The number of aliphatic hydroxyl groups excluding tert-OH is 1. The molecule has 7 nitrogen and oxygen atoms in total. The van der Waals surface area contributed by atoms with Gasteiger partial charge in [0.2, 0.25) is 5.91 Å². The Labute approximate surface area is 167 Å². The molecular weight excluding hydrogens is 413 g/mol. The molecule has 0 bridgehead atoms. The van der Waals surface area contributed by atoms with Gasteiger partial charge in [0.15, 0.2) is 9.84 Å². The van der Waals surface area contributed by atoms with Gasteiger partial charge in [0.05, 0.1) is 4.90 Å². The molecule has 1 aromatic rings. The summed E-state index contributed by atoms with van der Waals surface area (Å²) >= 11 is 0. The number of nitrogens with one attached hydrogen (secondary N) is 2. The molecular formula is C18H23F3N2O5S. The number of carbonyl (C=O) groups excluding carboxylic acids is 1. The van der Waals surface area contributed by atoms with Crippen LogP contribution < -0.4 is 10.1 Å². The highest BCUT2D eigenvalue weighted by Crippen LogP contribution is 2.30. The number of sulfone groups is 1. The molecule has 0 saturated heterocycles. The Hall–Kier alpha value is -2.56. The minimum atomic E-state index is -5.01. The van der Waals surface area contributed by atoms with E-state index in [1.165, 1.54) is 0 Å². The highest BCUT2D eigenvalue weighted by atomic mass is 32.2. The summed E-state index contributed by atoms with van der Waals surface area (Å²) in [4.78, 5) is 11.9. The normalized spacial score (nSPS) is 13.7.